The van der Waals surface area contributed by atoms with Gasteiger partial charge < -0.3 is 19.2 Å². The van der Waals surface area contributed by atoms with Crippen molar-refractivity contribution in [2.24, 2.45) is 0 Å². The molecule has 2 fully saturated rings. The van der Waals surface area contributed by atoms with E-state index in [4.69, 9.17) is 26.1 Å². The fourth-order valence-electron chi connectivity index (χ4n) is 5.26. The Morgan fingerprint density at radius 1 is 0.919 bits per heavy atom. The topological polar surface area (TPSA) is 87.3 Å². The molecule has 1 aromatic carbocycles. The van der Waals surface area contributed by atoms with E-state index in [-0.39, 0.29) is 6.04 Å². The normalized spacial score (nSPS) is 20.0. The molecule has 190 valence electrons. The van der Waals surface area contributed by atoms with E-state index in [0.717, 1.165) is 73.4 Å². The maximum Gasteiger partial charge on any atom is 0.228 e. The van der Waals surface area contributed by atoms with Crippen molar-refractivity contribution in [2.45, 2.75) is 38.8 Å². The highest BCUT2D eigenvalue weighted by Crippen LogP contribution is 2.32. The number of benzene rings is 1. The number of nitrogens with zero attached hydrogens (tertiary/aromatic N) is 8. The number of rotatable bonds is 5. The quantitative estimate of drug-likeness (QED) is 0.365. The zero-order chi connectivity index (χ0) is 25.4. The lowest BCUT2D eigenvalue weighted by molar-refractivity contribution is 0.419. The number of hydrogen-bond donors (Lipinski definition) is 0. The maximum absolute atomic E-state index is 6.44. The van der Waals surface area contributed by atoms with Crippen LogP contribution in [0, 0.1) is 0 Å². The number of piperazine rings is 1. The zero-order valence-corrected chi connectivity index (χ0v) is 21.7. The number of pyridine rings is 1. The van der Waals surface area contributed by atoms with E-state index in [1.54, 1.807) is 6.20 Å². The molecule has 9 nitrogen and oxygen atoms in total. The summed E-state index contributed by atoms with van der Waals surface area (Å²) in [5.74, 6) is 3.15. The standard InChI is InChI=1S/C27H29ClN8O/c1-18-5-4-12-36(18)27-31-23(20-7-9-21(10-8-20)25-30-17-37-33-25)15-24(32-27)35-14-13-34(16-19(35)2)26-22(28)6-3-11-29-26/h3,6-11,15,17-19H,4-5,12-14,16H2,1-2H3. The van der Waals surface area contributed by atoms with Crippen LogP contribution in [0.5, 0.6) is 0 Å². The van der Waals surface area contributed by atoms with Crippen LogP contribution in [0.4, 0.5) is 17.6 Å². The third-order valence-corrected chi connectivity index (χ3v) is 7.57. The lowest BCUT2D eigenvalue weighted by atomic mass is 10.1. The molecule has 5 heterocycles. The van der Waals surface area contributed by atoms with E-state index in [9.17, 15) is 0 Å². The van der Waals surface area contributed by atoms with E-state index in [1.165, 1.54) is 6.39 Å². The van der Waals surface area contributed by atoms with E-state index in [2.05, 4.69) is 61.9 Å². The summed E-state index contributed by atoms with van der Waals surface area (Å²) in [7, 11) is 0. The molecule has 37 heavy (non-hydrogen) atoms. The van der Waals surface area contributed by atoms with Gasteiger partial charge in [-0.05, 0) is 38.8 Å². The van der Waals surface area contributed by atoms with Crippen LogP contribution in [0.25, 0.3) is 22.6 Å². The predicted octanol–water partition coefficient (Wildman–Crippen LogP) is 4.95. The first-order valence-corrected chi connectivity index (χ1v) is 13.1. The first kappa shape index (κ1) is 23.7. The second-order valence-corrected chi connectivity index (χ2v) is 10.1. The third kappa shape index (κ3) is 4.71. The first-order chi connectivity index (χ1) is 18.1. The molecule has 2 aliphatic heterocycles. The number of hydrogen-bond acceptors (Lipinski definition) is 9. The average Bonchev–Trinajstić information content (AvgIpc) is 3.61. The Labute approximate surface area is 221 Å². The summed E-state index contributed by atoms with van der Waals surface area (Å²) in [6.45, 7) is 7.89. The van der Waals surface area contributed by atoms with E-state index < -0.39 is 0 Å². The maximum atomic E-state index is 6.44. The minimum Gasteiger partial charge on any atom is -0.352 e. The van der Waals surface area contributed by atoms with Crippen LogP contribution in [0.3, 0.4) is 0 Å². The number of aromatic nitrogens is 5. The highest BCUT2D eigenvalue weighted by atomic mass is 35.5. The molecule has 0 saturated carbocycles. The van der Waals surface area contributed by atoms with Crippen LogP contribution in [0.1, 0.15) is 26.7 Å². The third-order valence-electron chi connectivity index (χ3n) is 7.27. The van der Waals surface area contributed by atoms with Gasteiger partial charge in [-0.3, -0.25) is 0 Å². The van der Waals surface area contributed by atoms with Crippen molar-refractivity contribution in [3.05, 3.63) is 60.1 Å². The van der Waals surface area contributed by atoms with Crippen LogP contribution in [-0.2, 0) is 0 Å². The molecule has 10 heteroatoms. The summed E-state index contributed by atoms with van der Waals surface area (Å²) >= 11 is 6.44. The molecule has 4 aromatic rings. The van der Waals surface area contributed by atoms with Crippen molar-refractivity contribution >= 4 is 29.2 Å². The Balaban J connectivity index is 1.32. The molecular weight excluding hydrogens is 488 g/mol. The Kier molecular flexibility index (Phi) is 6.38. The lowest BCUT2D eigenvalue weighted by Gasteiger charge is -2.41. The van der Waals surface area contributed by atoms with Crippen LogP contribution < -0.4 is 14.7 Å². The molecule has 0 bridgehead atoms. The summed E-state index contributed by atoms with van der Waals surface area (Å²) in [6.07, 6.45) is 5.44. The minimum absolute atomic E-state index is 0.221. The predicted molar refractivity (Wildman–Crippen MR) is 145 cm³/mol. The van der Waals surface area contributed by atoms with Gasteiger partial charge in [0, 0.05) is 61.7 Å². The first-order valence-electron chi connectivity index (χ1n) is 12.7. The van der Waals surface area contributed by atoms with Gasteiger partial charge in [-0.15, -0.1) is 0 Å². The zero-order valence-electron chi connectivity index (χ0n) is 21.0. The van der Waals surface area contributed by atoms with Crippen LogP contribution >= 0.6 is 11.6 Å². The Bertz CT molecular complexity index is 1360. The van der Waals surface area contributed by atoms with Gasteiger partial charge in [-0.2, -0.15) is 9.97 Å². The number of anilines is 3. The second kappa shape index (κ2) is 9.97. The molecule has 0 N–H and O–H groups in total. The molecule has 6 rings (SSSR count). The van der Waals surface area contributed by atoms with Crippen LogP contribution in [0.2, 0.25) is 5.02 Å². The monoisotopic (exact) mass is 516 g/mol. The van der Waals surface area contributed by atoms with Gasteiger partial charge in [-0.1, -0.05) is 41.0 Å². The molecule has 0 spiro atoms. The van der Waals surface area contributed by atoms with Gasteiger partial charge in [0.05, 0.1) is 10.7 Å². The van der Waals surface area contributed by atoms with E-state index in [0.29, 0.717) is 16.9 Å². The number of halogens is 1. The molecule has 2 aliphatic rings. The molecule has 0 radical (unpaired) electrons. The van der Waals surface area contributed by atoms with Crippen molar-refractivity contribution in [3.8, 4) is 22.6 Å². The van der Waals surface area contributed by atoms with Crippen LogP contribution in [-0.4, -0.2) is 63.4 Å². The summed E-state index contributed by atoms with van der Waals surface area (Å²) in [6, 6.07) is 14.6. The molecule has 2 atom stereocenters. The van der Waals surface area contributed by atoms with Gasteiger partial charge >= 0.3 is 0 Å². The molecule has 0 amide bonds. The van der Waals surface area contributed by atoms with Crippen molar-refractivity contribution in [1.82, 2.24) is 25.1 Å². The van der Waals surface area contributed by atoms with Gasteiger partial charge in [0.1, 0.15) is 11.6 Å². The summed E-state index contributed by atoms with van der Waals surface area (Å²) < 4.78 is 4.89. The highest BCUT2D eigenvalue weighted by molar-refractivity contribution is 6.32. The van der Waals surface area contributed by atoms with Gasteiger partial charge in [0.15, 0.2) is 0 Å². The fourth-order valence-corrected chi connectivity index (χ4v) is 5.51. The largest absolute Gasteiger partial charge is 0.352 e. The molecular formula is C27H29ClN8O. The molecule has 3 aromatic heterocycles. The SMILES string of the molecule is CC1CN(c2ncccc2Cl)CCN1c1cc(-c2ccc(-c3ncon3)cc2)nc(N2CCCC2C)n1. The van der Waals surface area contributed by atoms with Crippen molar-refractivity contribution in [2.75, 3.05) is 40.9 Å². The second-order valence-electron chi connectivity index (χ2n) is 9.73. The summed E-state index contributed by atoms with van der Waals surface area (Å²) in [5, 5.41) is 4.62. The van der Waals surface area contributed by atoms with E-state index >= 15 is 0 Å². The minimum atomic E-state index is 0.221. The highest BCUT2D eigenvalue weighted by Gasteiger charge is 2.29. The van der Waals surface area contributed by atoms with Crippen molar-refractivity contribution in [3.63, 3.8) is 0 Å². The van der Waals surface area contributed by atoms with Crippen molar-refractivity contribution < 1.29 is 4.52 Å². The summed E-state index contributed by atoms with van der Waals surface area (Å²) in [4.78, 5) is 25.7. The summed E-state index contributed by atoms with van der Waals surface area (Å²) in [5.41, 5.74) is 2.83. The molecule has 2 unspecified atom stereocenters. The van der Waals surface area contributed by atoms with Crippen LogP contribution in [0.15, 0.2) is 59.6 Å². The van der Waals surface area contributed by atoms with Crippen molar-refractivity contribution in [1.29, 1.82) is 0 Å². The lowest BCUT2D eigenvalue weighted by Crippen LogP contribution is -2.52. The Hall–Kier alpha value is -3.72. The molecule has 2 saturated heterocycles. The molecule has 0 aliphatic carbocycles. The smallest absolute Gasteiger partial charge is 0.228 e. The van der Waals surface area contributed by atoms with E-state index in [1.807, 2.05) is 24.3 Å². The fraction of sp³-hybridized carbons (Fsp3) is 0.370. The van der Waals surface area contributed by atoms with Gasteiger partial charge in [-0.25, -0.2) is 9.97 Å². The Morgan fingerprint density at radius 3 is 2.46 bits per heavy atom. The van der Waals surface area contributed by atoms with Gasteiger partial charge in [0.25, 0.3) is 0 Å². The van der Waals surface area contributed by atoms with Gasteiger partial charge in [0.2, 0.25) is 18.2 Å². The average molecular weight is 517 g/mol. The Morgan fingerprint density at radius 2 is 1.76 bits per heavy atom.